The molecular weight excluding hydrogens is 288 g/mol. The maximum absolute atomic E-state index is 12.1. The molecule has 0 amide bonds. The minimum Gasteiger partial charge on any atom is -0.467 e. The van der Waals surface area contributed by atoms with Crippen molar-refractivity contribution >= 4 is 17.7 Å². The highest BCUT2D eigenvalue weighted by atomic mass is 32.2. The normalized spacial score (nSPS) is 21.2. The van der Waals surface area contributed by atoms with Gasteiger partial charge in [-0.15, -0.1) is 11.8 Å². The van der Waals surface area contributed by atoms with Crippen LogP contribution in [0.1, 0.15) is 38.1 Å². The number of nitrogens with zero attached hydrogens (tertiary/aromatic N) is 2. The fourth-order valence-corrected chi connectivity index (χ4v) is 3.71. The van der Waals surface area contributed by atoms with Crippen molar-refractivity contribution in [3.8, 4) is 0 Å². The van der Waals surface area contributed by atoms with Crippen LogP contribution < -0.4 is 0 Å². The van der Waals surface area contributed by atoms with Gasteiger partial charge in [0.05, 0.1) is 13.3 Å². The van der Waals surface area contributed by atoms with Gasteiger partial charge in [0.2, 0.25) is 0 Å². The predicted octanol–water partition coefficient (Wildman–Crippen LogP) is 2.67. The first kappa shape index (κ1) is 14.9. The summed E-state index contributed by atoms with van der Waals surface area (Å²) in [5.41, 5.74) is 0. The number of carbonyl (C=O) groups is 1. The molecule has 0 spiro atoms. The predicted molar refractivity (Wildman–Crippen MR) is 80.3 cm³/mol. The molecule has 0 radical (unpaired) electrons. The number of hydrogen-bond acceptors (Lipinski definition) is 5. The van der Waals surface area contributed by atoms with Crippen LogP contribution in [0.15, 0.2) is 17.3 Å². The Kier molecular flexibility index (Phi) is 4.85. The lowest BCUT2D eigenvalue weighted by Gasteiger charge is -2.25. The molecule has 2 aliphatic rings. The Labute approximate surface area is 129 Å². The molecule has 0 aromatic carbocycles. The van der Waals surface area contributed by atoms with Gasteiger partial charge in [-0.2, -0.15) is 5.10 Å². The van der Waals surface area contributed by atoms with E-state index in [1.165, 1.54) is 20.0 Å². The van der Waals surface area contributed by atoms with E-state index in [1.54, 1.807) is 4.68 Å². The Morgan fingerprint density at radius 3 is 2.90 bits per heavy atom. The molecule has 2 heterocycles. The quantitative estimate of drug-likeness (QED) is 0.756. The lowest BCUT2D eigenvalue weighted by Crippen LogP contribution is -2.26. The first-order valence-corrected chi connectivity index (χ1v) is 8.50. The molecule has 1 saturated heterocycles. The summed E-state index contributed by atoms with van der Waals surface area (Å²) in [6.45, 7) is 1.58. The summed E-state index contributed by atoms with van der Waals surface area (Å²) >= 11 is 1.86. The summed E-state index contributed by atoms with van der Waals surface area (Å²) in [4.78, 5) is 13.3. The summed E-state index contributed by atoms with van der Waals surface area (Å²) in [6, 6.07) is -0.313. The fraction of sp³-hybridized carbons (Fsp3) is 0.733. The van der Waals surface area contributed by atoms with Crippen molar-refractivity contribution in [1.29, 1.82) is 0 Å². The van der Waals surface area contributed by atoms with E-state index in [2.05, 4.69) is 5.10 Å². The monoisotopic (exact) mass is 310 g/mol. The highest BCUT2D eigenvalue weighted by Gasteiger charge is 2.28. The zero-order chi connectivity index (χ0) is 14.7. The summed E-state index contributed by atoms with van der Waals surface area (Å²) in [7, 11) is 1.45. The lowest BCUT2D eigenvalue weighted by atomic mass is 9.92. The molecule has 5 nitrogen and oxygen atoms in total. The van der Waals surface area contributed by atoms with Crippen LogP contribution in [0.4, 0.5) is 0 Å². The van der Waals surface area contributed by atoms with Crippen LogP contribution in [-0.4, -0.2) is 41.3 Å². The fourth-order valence-electron chi connectivity index (χ4n) is 2.68. The first-order chi connectivity index (χ1) is 10.3. The van der Waals surface area contributed by atoms with E-state index in [0.29, 0.717) is 5.92 Å². The Bertz CT molecular complexity index is 481. The second kappa shape index (κ2) is 6.83. The molecule has 0 N–H and O–H groups in total. The summed E-state index contributed by atoms with van der Waals surface area (Å²) in [6.07, 6.45) is 9.24. The summed E-state index contributed by atoms with van der Waals surface area (Å²) in [5.74, 6) is 0.305. The third kappa shape index (κ3) is 4.01. The van der Waals surface area contributed by atoms with E-state index in [0.717, 1.165) is 42.6 Å². The van der Waals surface area contributed by atoms with Crippen molar-refractivity contribution < 1.29 is 14.3 Å². The van der Waals surface area contributed by atoms with Gasteiger partial charge in [-0.3, -0.25) is 4.68 Å². The van der Waals surface area contributed by atoms with Crippen LogP contribution >= 0.6 is 11.8 Å². The minimum absolute atomic E-state index is 0.201. The number of esters is 1. The molecule has 6 heteroatoms. The third-order valence-electron chi connectivity index (χ3n) is 4.10. The van der Waals surface area contributed by atoms with E-state index >= 15 is 0 Å². The van der Waals surface area contributed by atoms with Gasteiger partial charge in [0, 0.05) is 29.6 Å². The topological polar surface area (TPSA) is 53.4 Å². The van der Waals surface area contributed by atoms with E-state index in [1.807, 2.05) is 24.2 Å². The zero-order valence-electron chi connectivity index (χ0n) is 12.4. The standard InChI is InChI=1S/C15H22N2O3S/c1-19-15(18)14(8-11-4-6-20-7-5-11)17-10-13(9-16-17)21-12-2-3-12/h9-12,14H,2-8H2,1H3. The maximum Gasteiger partial charge on any atom is 0.330 e. The van der Waals surface area contributed by atoms with Crippen molar-refractivity contribution in [3.63, 3.8) is 0 Å². The van der Waals surface area contributed by atoms with Gasteiger partial charge < -0.3 is 9.47 Å². The van der Waals surface area contributed by atoms with Gasteiger partial charge in [0.1, 0.15) is 6.04 Å². The number of rotatable bonds is 6. The maximum atomic E-state index is 12.1. The smallest absolute Gasteiger partial charge is 0.330 e. The number of ether oxygens (including phenoxy) is 2. The average molecular weight is 310 g/mol. The van der Waals surface area contributed by atoms with Gasteiger partial charge in [-0.05, 0) is 38.0 Å². The molecule has 21 heavy (non-hydrogen) atoms. The van der Waals surface area contributed by atoms with Crippen molar-refractivity contribution in [3.05, 3.63) is 12.4 Å². The third-order valence-corrected chi connectivity index (χ3v) is 5.38. The largest absolute Gasteiger partial charge is 0.467 e. The number of thioether (sulfide) groups is 1. The van der Waals surface area contributed by atoms with Gasteiger partial charge in [0.15, 0.2) is 0 Å². The van der Waals surface area contributed by atoms with Crippen LogP contribution in [0.5, 0.6) is 0 Å². The molecule has 1 atom stereocenters. The van der Waals surface area contributed by atoms with Crippen LogP contribution in [-0.2, 0) is 14.3 Å². The Hall–Kier alpha value is -1.01. The Balaban J connectivity index is 1.67. The van der Waals surface area contributed by atoms with E-state index in [4.69, 9.17) is 9.47 Å². The average Bonchev–Trinajstić information content (AvgIpc) is 3.21. The molecule has 1 aromatic rings. The second-order valence-electron chi connectivity index (χ2n) is 5.80. The first-order valence-electron chi connectivity index (χ1n) is 7.62. The lowest BCUT2D eigenvalue weighted by molar-refractivity contribution is -0.145. The Morgan fingerprint density at radius 2 is 2.24 bits per heavy atom. The van der Waals surface area contributed by atoms with Crippen molar-refractivity contribution in [2.24, 2.45) is 5.92 Å². The van der Waals surface area contributed by atoms with Crippen LogP contribution in [0.25, 0.3) is 0 Å². The molecule has 0 bridgehead atoms. The molecule has 1 aliphatic heterocycles. The van der Waals surface area contributed by atoms with Gasteiger partial charge in [-0.25, -0.2) is 4.79 Å². The molecule has 2 fully saturated rings. The molecule has 1 saturated carbocycles. The van der Waals surface area contributed by atoms with Crippen LogP contribution in [0.3, 0.4) is 0 Å². The van der Waals surface area contributed by atoms with E-state index in [-0.39, 0.29) is 12.0 Å². The highest BCUT2D eigenvalue weighted by Crippen LogP contribution is 2.39. The number of methoxy groups -OCH3 is 1. The van der Waals surface area contributed by atoms with Crippen molar-refractivity contribution in [1.82, 2.24) is 9.78 Å². The molecule has 1 aliphatic carbocycles. The number of aromatic nitrogens is 2. The highest BCUT2D eigenvalue weighted by molar-refractivity contribution is 8.00. The van der Waals surface area contributed by atoms with Gasteiger partial charge in [-0.1, -0.05) is 0 Å². The second-order valence-corrected chi connectivity index (χ2v) is 7.18. The minimum atomic E-state index is -0.313. The van der Waals surface area contributed by atoms with Crippen molar-refractivity contribution in [2.45, 2.75) is 48.3 Å². The van der Waals surface area contributed by atoms with Crippen LogP contribution in [0, 0.1) is 5.92 Å². The summed E-state index contributed by atoms with van der Waals surface area (Å²) < 4.78 is 12.1. The number of carbonyl (C=O) groups excluding carboxylic acids is 1. The zero-order valence-corrected chi connectivity index (χ0v) is 13.2. The van der Waals surface area contributed by atoms with Crippen molar-refractivity contribution in [2.75, 3.05) is 20.3 Å². The SMILES string of the molecule is COC(=O)C(CC1CCOCC1)n1cc(SC2CC2)cn1. The van der Waals surface area contributed by atoms with Crippen LogP contribution in [0.2, 0.25) is 0 Å². The van der Waals surface area contributed by atoms with E-state index < -0.39 is 0 Å². The Morgan fingerprint density at radius 1 is 1.48 bits per heavy atom. The summed E-state index contributed by atoms with van der Waals surface area (Å²) in [5, 5.41) is 5.14. The van der Waals surface area contributed by atoms with Gasteiger partial charge >= 0.3 is 5.97 Å². The number of hydrogen-bond donors (Lipinski definition) is 0. The molecule has 3 rings (SSSR count). The van der Waals surface area contributed by atoms with Gasteiger partial charge in [0.25, 0.3) is 0 Å². The molecule has 116 valence electrons. The van der Waals surface area contributed by atoms with E-state index in [9.17, 15) is 4.79 Å². The molecule has 1 unspecified atom stereocenters. The molecular formula is C15H22N2O3S. The molecule has 1 aromatic heterocycles.